The normalized spacial score (nSPS) is 19.3. The predicted octanol–water partition coefficient (Wildman–Crippen LogP) is 1.00. The summed E-state index contributed by atoms with van der Waals surface area (Å²) >= 11 is 0. The maximum atomic E-state index is 12.1. The highest BCUT2D eigenvalue weighted by molar-refractivity contribution is 6.22. The van der Waals surface area contributed by atoms with E-state index in [0.29, 0.717) is 37.9 Å². The minimum absolute atomic E-state index is 0.122. The lowest BCUT2D eigenvalue weighted by atomic mass is 9.73. The number of hydrogen-bond acceptors (Lipinski definition) is 5. The van der Waals surface area contributed by atoms with Crippen molar-refractivity contribution in [1.29, 1.82) is 0 Å². The Morgan fingerprint density at radius 3 is 2.33 bits per heavy atom. The van der Waals surface area contributed by atoms with E-state index < -0.39 is 12.0 Å². The molecule has 0 radical (unpaired) electrons. The molecular weight excluding hydrogens is 272 g/mol. The summed E-state index contributed by atoms with van der Waals surface area (Å²) in [6.45, 7) is 6.02. The summed E-state index contributed by atoms with van der Waals surface area (Å²) in [6, 6.07) is -0.876. The Bertz CT molecular complexity index is 458. The van der Waals surface area contributed by atoms with Crippen LogP contribution in [0.2, 0.25) is 0 Å². The second kappa shape index (κ2) is 6.85. The number of aliphatic carboxylic acids is 1. The highest BCUT2D eigenvalue weighted by Gasteiger charge is 2.36. The largest absolute Gasteiger partial charge is 0.480 e. The van der Waals surface area contributed by atoms with E-state index in [2.05, 4.69) is 5.32 Å². The first-order chi connectivity index (χ1) is 9.64. The van der Waals surface area contributed by atoms with Crippen LogP contribution in [-0.4, -0.2) is 35.2 Å². The molecular formula is C15H24N2O4. The zero-order valence-electron chi connectivity index (χ0n) is 12.9. The van der Waals surface area contributed by atoms with Crippen molar-refractivity contribution < 1.29 is 19.5 Å². The van der Waals surface area contributed by atoms with E-state index in [1.807, 2.05) is 13.8 Å². The van der Waals surface area contributed by atoms with Crippen LogP contribution in [-0.2, 0) is 14.4 Å². The average Bonchev–Trinajstić information content (AvgIpc) is 2.31. The first-order valence-corrected chi connectivity index (χ1v) is 7.13. The molecule has 118 valence electrons. The van der Waals surface area contributed by atoms with Crippen LogP contribution in [0.15, 0.2) is 11.3 Å². The number of nitrogens with two attached hydrogens (primary N) is 1. The third-order valence-electron chi connectivity index (χ3n) is 3.61. The van der Waals surface area contributed by atoms with Gasteiger partial charge in [-0.25, -0.2) is 0 Å². The Morgan fingerprint density at radius 2 is 1.86 bits per heavy atom. The van der Waals surface area contributed by atoms with E-state index in [4.69, 9.17) is 10.8 Å². The third kappa shape index (κ3) is 4.97. The molecule has 4 N–H and O–H groups in total. The van der Waals surface area contributed by atoms with Crippen LogP contribution in [0.5, 0.6) is 0 Å². The van der Waals surface area contributed by atoms with Gasteiger partial charge in [0.05, 0.1) is 5.57 Å². The van der Waals surface area contributed by atoms with Gasteiger partial charge in [0, 0.05) is 25.1 Å². The molecule has 0 amide bonds. The van der Waals surface area contributed by atoms with Gasteiger partial charge in [0.1, 0.15) is 6.04 Å². The lowest BCUT2D eigenvalue weighted by Crippen LogP contribution is -2.34. The van der Waals surface area contributed by atoms with E-state index in [1.54, 1.807) is 6.92 Å². The van der Waals surface area contributed by atoms with E-state index in [0.717, 1.165) is 0 Å². The second-order valence-corrected chi connectivity index (χ2v) is 6.38. The number of carbonyl (C=O) groups excluding carboxylic acids is 2. The number of allylic oxidation sites excluding steroid dienone is 2. The molecule has 0 aromatic heterocycles. The number of carbonyl (C=O) groups is 3. The van der Waals surface area contributed by atoms with Gasteiger partial charge in [-0.1, -0.05) is 13.8 Å². The highest BCUT2D eigenvalue weighted by Crippen LogP contribution is 2.34. The van der Waals surface area contributed by atoms with Crippen molar-refractivity contribution in [1.82, 2.24) is 5.32 Å². The van der Waals surface area contributed by atoms with Gasteiger partial charge in [0.15, 0.2) is 11.6 Å². The number of carboxylic acid groups (broad SMARTS) is 1. The molecule has 1 fully saturated rings. The highest BCUT2D eigenvalue weighted by atomic mass is 16.4. The standard InChI is InChI=1S/C15H24N2O4/c1-9(17-6-4-5-10(16)14(20)21)13-11(18)7-15(2,3)8-12(13)19/h10,17H,4-8,16H2,1-3H3,(H,20,21)/t10-/m1/s1. The van der Waals surface area contributed by atoms with Gasteiger partial charge in [0.2, 0.25) is 0 Å². The number of ketones is 2. The molecule has 0 bridgehead atoms. The molecule has 0 unspecified atom stereocenters. The lowest BCUT2D eigenvalue weighted by Gasteiger charge is -2.29. The summed E-state index contributed by atoms with van der Waals surface area (Å²) in [5, 5.41) is 11.7. The number of hydrogen-bond donors (Lipinski definition) is 3. The molecule has 6 heteroatoms. The van der Waals surface area contributed by atoms with Crippen molar-refractivity contribution in [2.75, 3.05) is 6.54 Å². The van der Waals surface area contributed by atoms with Crippen LogP contribution in [0, 0.1) is 5.41 Å². The van der Waals surface area contributed by atoms with Crippen LogP contribution in [0.1, 0.15) is 46.5 Å². The van der Waals surface area contributed by atoms with E-state index in [-0.39, 0.29) is 22.6 Å². The van der Waals surface area contributed by atoms with Gasteiger partial charge >= 0.3 is 5.97 Å². The van der Waals surface area contributed by atoms with Crippen LogP contribution in [0.4, 0.5) is 0 Å². The number of rotatable bonds is 6. The van der Waals surface area contributed by atoms with Gasteiger partial charge in [-0.05, 0) is 25.2 Å². The maximum absolute atomic E-state index is 12.1. The molecule has 1 saturated carbocycles. The number of nitrogens with one attached hydrogen (secondary N) is 1. The van der Waals surface area contributed by atoms with Crippen molar-refractivity contribution >= 4 is 17.5 Å². The fourth-order valence-electron chi connectivity index (χ4n) is 2.49. The monoisotopic (exact) mass is 296 g/mol. The molecule has 0 saturated heterocycles. The predicted molar refractivity (Wildman–Crippen MR) is 78.6 cm³/mol. The van der Waals surface area contributed by atoms with Crippen molar-refractivity contribution in [3.8, 4) is 0 Å². The number of carboxylic acids is 1. The van der Waals surface area contributed by atoms with Crippen molar-refractivity contribution in [3.05, 3.63) is 11.3 Å². The quantitative estimate of drug-likeness (QED) is 0.383. The Kier molecular flexibility index (Phi) is 5.66. The summed E-state index contributed by atoms with van der Waals surface area (Å²) in [5.74, 6) is -1.27. The molecule has 0 aromatic rings. The summed E-state index contributed by atoms with van der Waals surface area (Å²) in [6.07, 6.45) is 1.65. The fraction of sp³-hybridized carbons (Fsp3) is 0.667. The summed E-state index contributed by atoms with van der Waals surface area (Å²) in [4.78, 5) is 34.7. The molecule has 0 heterocycles. The van der Waals surface area contributed by atoms with Crippen LogP contribution in [0.25, 0.3) is 0 Å². The van der Waals surface area contributed by atoms with Gasteiger partial charge in [0.25, 0.3) is 0 Å². The lowest BCUT2D eigenvalue weighted by molar-refractivity contribution is -0.138. The van der Waals surface area contributed by atoms with Gasteiger partial charge in [-0.15, -0.1) is 0 Å². The Hall–Kier alpha value is -1.69. The molecule has 21 heavy (non-hydrogen) atoms. The molecule has 0 aromatic carbocycles. The summed E-state index contributed by atoms with van der Waals surface area (Å²) in [5.41, 5.74) is 5.97. The minimum Gasteiger partial charge on any atom is -0.480 e. The Morgan fingerprint density at radius 1 is 1.33 bits per heavy atom. The smallest absolute Gasteiger partial charge is 0.320 e. The van der Waals surface area contributed by atoms with Crippen molar-refractivity contribution in [2.45, 2.75) is 52.5 Å². The third-order valence-corrected chi connectivity index (χ3v) is 3.61. The molecule has 6 nitrogen and oxygen atoms in total. The maximum Gasteiger partial charge on any atom is 0.320 e. The fourth-order valence-corrected chi connectivity index (χ4v) is 2.49. The molecule has 1 atom stereocenters. The van der Waals surface area contributed by atoms with Gasteiger partial charge < -0.3 is 16.2 Å². The first-order valence-electron chi connectivity index (χ1n) is 7.13. The summed E-state index contributed by atoms with van der Waals surface area (Å²) in [7, 11) is 0. The molecule has 1 aliphatic carbocycles. The first kappa shape index (κ1) is 17.4. The Labute approximate surface area is 124 Å². The zero-order valence-corrected chi connectivity index (χ0v) is 12.9. The molecule has 1 rings (SSSR count). The second-order valence-electron chi connectivity index (χ2n) is 6.38. The molecule has 0 aliphatic heterocycles. The van der Waals surface area contributed by atoms with E-state index >= 15 is 0 Å². The van der Waals surface area contributed by atoms with Gasteiger partial charge in [-0.3, -0.25) is 14.4 Å². The van der Waals surface area contributed by atoms with Crippen LogP contribution >= 0.6 is 0 Å². The Balaban J connectivity index is 2.57. The average molecular weight is 296 g/mol. The molecule has 0 spiro atoms. The molecule has 1 aliphatic rings. The van der Waals surface area contributed by atoms with Crippen LogP contribution in [0.3, 0.4) is 0 Å². The SMILES string of the molecule is CC(NCCC[C@@H](N)C(=O)O)=C1C(=O)CC(C)(C)CC1=O. The van der Waals surface area contributed by atoms with Crippen molar-refractivity contribution in [3.63, 3.8) is 0 Å². The number of Topliss-reactive ketones (excluding diaryl/α,β-unsaturated/α-hetero) is 2. The van der Waals surface area contributed by atoms with E-state index in [9.17, 15) is 14.4 Å². The summed E-state index contributed by atoms with van der Waals surface area (Å²) < 4.78 is 0. The van der Waals surface area contributed by atoms with E-state index in [1.165, 1.54) is 0 Å². The minimum atomic E-state index is -1.02. The van der Waals surface area contributed by atoms with Gasteiger partial charge in [-0.2, -0.15) is 0 Å². The van der Waals surface area contributed by atoms with Crippen LogP contribution < -0.4 is 11.1 Å². The topological polar surface area (TPSA) is 109 Å². The van der Waals surface area contributed by atoms with Crippen molar-refractivity contribution in [2.24, 2.45) is 11.1 Å². The zero-order chi connectivity index (χ0) is 16.2.